The van der Waals surface area contributed by atoms with Crippen molar-refractivity contribution in [3.8, 4) is 11.5 Å². The average Bonchev–Trinajstić information content (AvgIpc) is 2.41. The van der Waals surface area contributed by atoms with E-state index in [1.165, 1.54) is 5.56 Å². The summed E-state index contributed by atoms with van der Waals surface area (Å²) in [6, 6.07) is 5.87. The molecule has 0 saturated heterocycles. The molecule has 0 spiro atoms. The summed E-state index contributed by atoms with van der Waals surface area (Å²) in [7, 11) is 1.62. The first-order valence-electron chi connectivity index (χ1n) is 7.08. The molecule has 0 heterocycles. The number of aliphatic hydroxyl groups excluding tert-OH is 1. The topological polar surface area (TPSA) is 50.7 Å². The Morgan fingerprint density at radius 1 is 1.25 bits per heavy atom. The van der Waals surface area contributed by atoms with Gasteiger partial charge in [-0.05, 0) is 44.9 Å². The Morgan fingerprint density at radius 2 is 1.95 bits per heavy atom. The van der Waals surface area contributed by atoms with Gasteiger partial charge in [-0.15, -0.1) is 0 Å². The maximum absolute atomic E-state index is 9.91. The molecule has 20 heavy (non-hydrogen) atoms. The standard InChI is InChI=1S/C16H27NO3/c1-6-12-7-8-14(15(9-12)19-5)20-11-13(18)10-17-16(2,3)4/h7-9,13,17-18H,6,10-11H2,1-5H3. The van der Waals surface area contributed by atoms with Crippen LogP contribution in [0.1, 0.15) is 33.3 Å². The molecule has 0 bridgehead atoms. The van der Waals surface area contributed by atoms with Gasteiger partial charge in [-0.1, -0.05) is 13.0 Å². The van der Waals surface area contributed by atoms with Gasteiger partial charge in [0, 0.05) is 12.1 Å². The Balaban J connectivity index is 2.52. The number of hydrogen-bond donors (Lipinski definition) is 2. The van der Waals surface area contributed by atoms with Gasteiger partial charge in [0.25, 0.3) is 0 Å². The van der Waals surface area contributed by atoms with Gasteiger partial charge in [0.05, 0.1) is 7.11 Å². The number of benzene rings is 1. The van der Waals surface area contributed by atoms with Gasteiger partial charge < -0.3 is 19.9 Å². The molecular weight excluding hydrogens is 254 g/mol. The van der Waals surface area contributed by atoms with Gasteiger partial charge in [0.2, 0.25) is 0 Å². The summed E-state index contributed by atoms with van der Waals surface area (Å²) in [6.45, 7) is 9.02. The van der Waals surface area contributed by atoms with Gasteiger partial charge in [0.15, 0.2) is 11.5 Å². The predicted octanol–water partition coefficient (Wildman–Crippen LogP) is 2.39. The minimum absolute atomic E-state index is 0.0125. The van der Waals surface area contributed by atoms with Gasteiger partial charge in [-0.3, -0.25) is 0 Å². The number of ether oxygens (including phenoxy) is 2. The smallest absolute Gasteiger partial charge is 0.161 e. The van der Waals surface area contributed by atoms with Crippen molar-refractivity contribution in [3.63, 3.8) is 0 Å². The van der Waals surface area contributed by atoms with Crippen LogP contribution in [0.3, 0.4) is 0 Å². The van der Waals surface area contributed by atoms with Crippen molar-refractivity contribution < 1.29 is 14.6 Å². The fourth-order valence-corrected chi connectivity index (χ4v) is 1.72. The number of aliphatic hydroxyl groups is 1. The summed E-state index contributed by atoms with van der Waals surface area (Å²) in [5, 5.41) is 13.2. The number of hydrogen-bond acceptors (Lipinski definition) is 4. The van der Waals surface area contributed by atoms with Gasteiger partial charge in [-0.25, -0.2) is 0 Å². The van der Waals surface area contributed by atoms with Crippen LogP contribution in [0.4, 0.5) is 0 Å². The van der Waals surface area contributed by atoms with E-state index in [2.05, 4.69) is 33.0 Å². The molecule has 4 heteroatoms. The van der Waals surface area contributed by atoms with Crippen LogP contribution in [0.5, 0.6) is 11.5 Å². The molecule has 1 aromatic rings. The third-order valence-corrected chi connectivity index (χ3v) is 2.94. The summed E-state index contributed by atoms with van der Waals surface area (Å²) in [4.78, 5) is 0. The van der Waals surface area contributed by atoms with E-state index in [9.17, 15) is 5.11 Å². The molecule has 0 amide bonds. The van der Waals surface area contributed by atoms with Crippen LogP contribution in [0, 0.1) is 0 Å². The highest BCUT2D eigenvalue weighted by Gasteiger charge is 2.13. The molecule has 1 unspecified atom stereocenters. The van der Waals surface area contributed by atoms with Crippen molar-refractivity contribution in [2.75, 3.05) is 20.3 Å². The van der Waals surface area contributed by atoms with Crippen molar-refractivity contribution >= 4 is 0 Å². The second-order valence-corrected chi connectivity index (χ2v) is 5.93. The fraction of sp³-hybridized carbons (Fsp3) is 0.625. The van der Waals surface area contributed by atoms with Crippen LogP contribution in [0.25, 0.3) is 0 Å². The zero-order valence-electron chi connectivity index (χ0n) is 13.2. The van der Waals surface area contributed by atoms with E-state index in [0.29, 0.717) is 18.0 Å². The average molecular weight is 281 g/mol. The van der Waals surface area contributed by atoms with Crippen molar-refractivity contribution in [1.29, 1.82) is 0 Å². The highest BCUT2D eigenvalue weighted by atomic mass is 16.5. The summed E-state index contributed by atoms with van der Waals surface area (Å²) >= 11 is 0. The summed E-state index contributed by atoms with van der Waals surface area (Å²) in [5.41, 5.74) is 1.19. The maximum Gasteiger partial charge on any atom is 0.161 e. The Labute approximate surface area is 122 Å². The molecule has 0 aromatic heterocycles. The van der Waals surface area contributed by atoms with Crippen molar-refractivity contribution in [3.05, 3.63) is 23.8 Å². The van der Waals surface area contributed by atoms with E-state index in [1.54, 1.807) is 7.11 Å². The Morgan fingerprint density at radius 3 is 2.50 bits per heavy atom. The molecular formula is C16H27NO3. The lowest BCUT2D eigenvalue weighted by Crippen LogP contribution is -2.42. The van der Waals surface area contributed by atoms with Gasteiger partial charge in [0.1, 0.15) is 12.7 Å². The normalized spacial score (nSPS) is 13.1. The molecule has 0 aliphatic rings. The second-order valence-electron chi connectivity index (χ2n) is 5.93. The molecule has 0 radical (unpaired) electrons. The number of β-amino-alcohol motifs (C(OH)–C–C–N with tert-alkyl or cyclic N) is 1. The number of rotatable bonds is 7. The SMILES string of the molecule is CCc1ccc(OCC(O)CNC(C)(C)C)c(OC)c1. The number of nitrogens with one attached hydrogen (secondary N) is 1. The zero-order valence-corrected chi connectivity index (χ0v) is 13.2. The molecule has 2 N–H and O–H groups in total. The lowest BCUT2D eigenvalue weighted by atomic mass is 10.1. The first-order valence-corrected chi connectivity index (χ1v) is 7.08. The van der Waals surface area contributed by atoms with Crippen LogP contribution in [-0.2, 0) is 6.42 Å². The first kappa shape index (κ1) is 16.8. The highest BCUT2D eigenvalue weighted by Crippen LogP contribution is 2.28. The molecule has 0 fully saturated rings. The molecule has 0 aliphatic heterocycles. The van der Waals surface area contributed by atoms with E-state index < -0.39 is 6.10 Å². The van der Waals surface area contributed by atoms with Crippen molar-refractivity contribution in [2.45, 2.75) is 45.8 Å². The lowest BCUT2D eigenvalue weighted by molar-refractivity contribution is 0.0985. The van der Waals surface area contributed by atoms with Crippen LogP contribution in [0.15, 0.2) is 18.2 Å². The van der Waals surface area contributed by atoms with Crippen LogP contribution in [0.2, 0.25) is 0 Å². The van der Waals surface area contributed by atoms with E-state index in [0.717, 1.165) is 6.42 Å². The summed E-state index contributed by atoms with van der Waals surface area (Å²) in [6.07, 6.45) is 0.402. The van der Waals surface area contributed by atoms with Crippen LogP contribution in [-0.4, -0.2) is 37.0 Å². The van der Waals surface area contributed by atoms with Crippen molar-refractivity contribution in [2.24, 2.45) is 0 Å². The molecule has 114 valence electrons. The third kappa shape index (κ3) is 5.80. The quantitative estimate of drug-likeness (QED) is 0.806. The largest absolute Gasteiger partial charge is 0.493 e. The van der Waals surface area contributed by atoms with Crippen molar-refractivity contribution in [1.82, 2.24) is 5.32 Å². The monoisotopic (exact) mass is 281 g/mol. The minimum atomic E-state index is -0.551. The fourth-order valence-electron chi connectivity index (χ4n) is 1.72. The molecule has 1 aromatic carbocycles. The van der Waals surface area contributed by atoms with Crippen LogP contribution >= 0.6 is 0 Å². The number of methoxy groups -OCH3 is 1. The Kier molecular flexibility index (Phi) is 6.30. The molecule has 0 aliphatic carbocycles. The van der Waals surface area contributed by atoms with Gasteiger partial charge >= 0.3 is 0 Å². The Hall–Kier alpha value is -1.26. The van der Waals surface area contributed by atoms with Gasteiger partial charge in [-0.2, -0.15) is 0 Å². The summed E-state index contributed by atoms with van der Waals surface area (Å²) < 4.78 is 11.0. The van der Waals surface area contributed by atoms with E-state index in [4.69, 9.17) is 9.47 Å². The Bertz CT molecular complexity index is 413. The van der Waals surface area contributed by atoms with E-state index >= 15 is 0 Å². The molecule has 4 nitrogen and oxygen atoms in total. The number of aryl methyl sites for hydroxylation is 1. The lowest BCUT2D eigenvalue weighted by Gasteiger charge is -2.23. The van der Waals surface area contributed by atoms with Crippen LogP contribution < -0.4 is 14.8 Å². The molecule has 1 rings (SSSR count). The predicted molar refractivity (Wildman–Crippen MR) is 81.6 cm³/mol. The molecule has 0 saturated carbocycles. The third-order valence-electron chi connectivity index (χ3n) is 2.94. The van der Waals surface area contributed by atoms with E-state index in [1.807, 2.05) is 18.2 Å². The maximum atomic E-state index is 9.91. The highest BCUT2D eigenvalue weighted by molar-refractivity contribution is 5.42. The molecule has 1 atom stereocenters. The minimum Gasteiger partial charge on any atom is -0.493 e. The zero-order chi connectivity index (χ0) is 15.2. The van der Waals surface area contributed by atoms with E-state index in [-0.39, 0.29) is 12.1 Å². The first-order chi connectivity index (χ1) is 9.35. The second kappa shape index (κ2) is 7.50. The summed E-state index contributed by atoms with van der Waals surface area (Å²) in [5.74, 6) is 1.37.